The van der Waals surface area contributed by atoms with Crippen LogP contribution in [0.2, 0.25) is 0 Å². The lowest BCUT2D eigenvalue weighted by Gasteiger charge is -2.25. The topological polar surface area (TPSA) is 12.5 Å². The summed E-state index contributed by atoms with van der Waals surface area (Å²) in [5, 5.41) is 2.53. The smallest absolute Gasteiger partial charge is 0.126 e. The van der Waals surface area contributed by atoms with Crippen LogP contribution >= 0.6 is 0 Å². The molecule has 0 spiro atoms. The van der Waals surface area contributed by atoms with Crippen LogP contribution in [-0.4, -0.2) is 25.1 Å². The van der Waals surface area contributed by atoms with Gasteiger partial charge in [-0.1, -0.05) is 58.0 Å². The van der Waals surface area contributed by atoms with Crippen molar-refractivity contribution in [3.05, 3.63) is 42.0 Å². The minimum absolute atomic E-state index is 0.749. The molecule has 0 aliphatic carbocycles. The number of ether oxygens (including phenoxy) is 1. The lowest BCUT2D eigenvalue weighted by molar-refractivity contribution is 0.236. The van der Waals surface area contributed by atoms with Gasteiger partial charge in [-0.3, -0.25) is 4.90 Å². The van der Waals surface area contributed by atoms with Gasteiger partial charge in [-0.05, 0) is 54.8 Å². The molecule has 0 unspecified atom stereocenters. The summed E-state index contributed by atoms with van der Waals surface area (Å²) >= 11 is 0. The molecule has 24 heavy (non-hydrogen) atoms. The fraction of sp³-hybridized carbons (Fsp3) is 0.545. The summed E-state index contributed by atoms with van der Waals surface area (Å²) in [5.41, 5.74) is 1.40. The van der Waals surface area contributed by atoms with Gasteiger partial charge in [-0.15, -0.1) is 0 Å². The van der Waals surface area contributed by atoms with Gasteiger partial charge >= 0.3 is 0 Å². The molecule has 0 fully saturated rings. The van der Waals surface area contributed by atoms with Crippen molar-refractivity contribution in [2.45, 2.75) is 47.1 Å². The Kier molecular flexibility index (Phi) is 7.11. The summed E-state index contributed by atoms with van der Waals surface area (Å²) in [7, 11) is 1.75. The quantitative estimate of drug-likeness (QED) is 0.582. The van der Waals surface area contributed by atoms with E-state index in [0.717, 1.165) is 24.1 Å². The van der Waals surface area contributed by atoms with Crippen LogP contribution in [0.5, 0.6) is 5.75 Å². The van der Waals surface area contributed by atoms with Gasteiger partial charge in [-0.25, -0.2) is 0 Å². The first-order valence-electron chi connectivity index (χ1n) is 9.28. The molecule has 0 aliphatic heterocycles. The normalized spacial score (nSPS) is 11.8. The van der Waals surface area contributed by atoms with Crippen molar-refractivity contribution in [3.8, 4) is 5.75 Å². The van der Waals surface area contributed by atoms with Gasteiger partial charge in [0, 0.05) is 11.9 Å². The van der Waals surface area contributed by atoms with Gasteiger partial charge in [0.05, 0.1) is 7.11 Å². The average molecular weight is 328 g/mol. The first-order chi connectivity index (χ1) is 11.5. The first-order valence-corrected chi connectivity index (χ1v) is 9.28. The van der Waals surface area contributed by atoms with E-state index < -0.39 is 0 Å². The Labute approximate surface area is 147 Å². The lowest BCUT2D eigenvalue weighted by atomic mass is 10.0. The van der Waals surface area contributed by atoms with Crippen molar-refractivity contribution in [1.82, 2.24) is 4.90 Å². The van der Waals surface area contributed by atoms with Crippen LogP contribution in [0.25, 0.3) is 10.8 Å². The van der Waals surface area contributed by atoms with Crippen molar-refractivity contribution in [3.63, 3.8) is 0 Å². The number of nitrogens with zero attached hydrogens (tertiary/aromatic N) is 1. The minimum atomic E-state index is 0.749. The molecule has 0 atom stereocenters. The van der Waals surface area contributed by atoms with E-state index in [1.807, 2.05) is 6.07 Å². The average Bonchev–Trinajstić information content (AvgIpc) is 2.56. The molecular formula is C22H33NO. The van der Waals surface area contributed by atoms with Crippen molar-refractivity contribution in [1.29, 1.82) is 0 Å². The van der Waals surface area contributed by atoms with Crippen LogP contribution in [0.15, 0.2) is 36.4 Å². The SMILES string of the molecule is COc1cccc2c(CN(CCC(C)C)CCC(C)C)cccc12. The minimum Gasteiger partial charge on any atom is -0.496 e. The number of fused-ring (bicyclic) bond motifs is 1. The predicted molar refractivity (Wildman–Crippen MR) is 105 cm³/mol. The highest BCUT2D eigenvalue weighted by Gasteiger charge is 2.11. The van der Waals surface area contributed by atoms with Crippen molar-refractivity contribution >= 4 is 10.8 Å². The zero-order valence-electron chi connectivity index (χ0n) is 16.0. The number of hydrogen-bond acceptors (Lipinski definition) is 2. The molecule has 0 N–H and O–H groups in total. The van der Waals surface area contributed by atoms with Crippen molar-refractivity contribution in [2.75, 3.05) is 20.2 Å². The number of benzene rings is 2. The molecule has 0 radical (unpaired) electrons. The summed E-state index contributed by atoms with van der Waals surface area (Å²) in [5.74, 6) is 2.46. The first kappa shape index (κ1) is 18.8. The maximum atomic E-state index is 5.53. The molecule has 0 saturated heterocycles. The third-order valence-electron chi connectivity index (χ3n) is 4.63. The Balaban J connectivity index is 2.22. The number of hydrogen-bond donors (Lipinski definition) is 0. The van der Waals surface area contributed by atoms with Crippen LogP contribution in [0.4, 0.5) is 0 Å². The Hall–Kier alpha value is -1.54. The van der Waals surface area contributed by atoms with Gasteiger partial charge in [0.2, 0.25) is 0 Å². The molecule has 2 nitrogen and oxygen atoms in total. The van der Waals surface area contributed by atoms with E-state index >= 15 is 0 Å². The molecule has 0 heterocycles. The summed E-state index contributed by atoms with van der Waals surface area (Å²) < 4.78 is 5.53. The largest absolute Gasteiger partial charge is 0.496 e. The molecular weight excluding hydrogens is 294 g/mol. The van der Waals surface area contributed by atoms with Crippen LogP contribution in [0.1, 0.15) is 46.1 Å². The fourth-order valence-corrected chi connectivity index (χ4v) is 3.05. The Bertz CT molecular complexity index is 621. The Morgan fingerprint density at radius 2 is 1.42 bits per heavy atom. The summed E-state index contributed by atoms with van der Waals surface area (Å²) in [6.07, 6.45) is 2.51. The maximum Gasteiger partial charge on any atom is 0.126 e. The molecule has 0 aliphatic rings. The van der Waals surface area contributed by atoms with Gasteiger partial charge in [0.25, 0.3) is 0 Å². The second kappa shape index (κ2) is 9.08. The summed E-state index contributed by atoms with van der Waals surface area (Å²) in [6.45, 7) is 12.6. The highest BCUT2D eigenvalue weighted by Crippen LogP contribution is 2.28. The molecule has 2 aromatic rings. The summed E-state index contributed by atoms with van der Waals surface area (Å²) in [6, 6.07) is 12.9. The molecule has 2 heteroatoms. The Morgan fingerprint density at radius 1 is 0.833 bits per heavy atom. The van der Waals surface area contributed by atoms with E-state index in [2.05, 4.69) is 62.9 Å². The lowest BCUT2D eigenvalue weighted by Crippen LogP contribution is -2.27. The third kappa shape index (κ3) is 5.24. The second-order valence-corrected chi connectivity index (χ2v) is 7.61. The molecule has 0 aromatic heterocycles. The fourth-order valence-electron chi connectivity index (χ4n) is 3.05. The molecule has 132 valence electrons. The van der Waals surface area contributed by atoms with E-state index in [1.165, 1.54) is 42.3 Å². The number of rotatable bonds is 9. The van der Waals surface area contributed by atoms with E-state index in [9.17, 15) is 0 Å². The highest BCUT2D eigenvalue weighted by atomic mass is 16.5. The van der Waals surface area contributed by atoms with E-state index in [-0.39, 0.29) is 0 Å². The highest BCUT2D eigenvalue weighted by molar-refractivity contribution is 5.90. The maximum absolute atomic E-state index is 5.53. The van der Waals surface area contributed by atoms with Crippen LogP contribution in [0.3, 0.4) is 0 Å². The predicted octanol–water partition coefficient (Wildman–Crippen LogP) is 5.74. The standard InChI is InChI=1S/C22H33NO/c1-17(2)12-14-23(15-13-18(3)4)16-19-8-6-10-21-20(19)9-7-11-22(21)24-5/h6-11,17-18H,12-16H2,1-5H3. The van der Waals surface area contributed by atoms with E-state index in [0.29, 0.717) is 0 Å². The Morgan fingerprint density at radius 3 is 2.00 bits per heavy atom. The van der Waals surface area contributed by atoms with E-state index in [1.54, 1.807) is 7.11 Å². The van der Waals surface area contributed by atoms with Crippen LogP contribution in [-0.2, 0) is 6.54 Å². The van der Waals surface area contributed by atoms with Crippen LogP contribution < -0.4 is 4.74 Å². The zero-order valence-corrected chi connectivity index (χ0v) is 16.0. The molecule has 0 amide bonds. The van der Waals surface area contributed by atoms with Gasteiger partial charge in [0.15, 0.2) is 0 Å². The molecule has 2 aromatic carbocycles. The van der Waals surface area contributed by atoms with Gasteiger partial charge in [-0.2, -0.15) is 0 Å². The second-order valence-electron chi connectivity index (χ2n) is 7.61. The summed E-state index contributed by atoms with van der Waals surface area (Å²) in [4.78, 5) is 2.62. The molecule has 2 rings (SSSR count). The number of methoxy groups -OCH3 is 1. The third-order valence-corrected chi connectivity index (χ3v) is 4.63. The monoisotopic (exact) mass is 327 g/mol. The van der Waals surface area contributed by atoms with Gasteiger partial charge < -0.3 is 4.74 Å². The van der Waals surface area contributed by atoms with Crippen molar-refractivity contribution in [2.24, 2.45) is 11.8 Å². The molecule has 0 saturated carbocycles. The van der Waals surface area contributed by atoms with Crippen LogP contribution in [0, 0.1) is 11.8 Å². The zero-order chi connectivity index (χ0) is 17.5. The van der Waals surface area contributed by atoms with E-state index in [4.69, 9.17) is 4.74 Å². The van der Waals surface area contributed by atoms with Crippen molar-refractivity contribution < 1.29 is 4.74 Å². The van der Waals surface area contributed by atoms with Gasteiger partial charge in [0.1, 0.15) is 5.75 Å². The molecule has 0 bridgehead atoms.